The molecule has 4 rings (SSSR count). The minimum atomic E-state index is -3.28. The molecule has 2 heterocycles. The van der Waals surface area contributed by atoms with Crippen LogP contribution in [0.5, 0.6) is 5.75 Å². The van der Waals surface area contributed by atoms with E-state index in [9.17, 15) is 13.2 Å². The van der Waals surface area contributed by atoms with Crippen molar-refractivity contribution >= 4 is 26.8 Å². The van der Waals surface area contributed by atoms with Gasteiger partial charge in [0, 0.05) is 43.6 Å². The number of rotatable bonds is 7. The number of fused-ring (bicyclic) bond motifs is 1. The summed E-state index contributed by atoms with van der Waals surface area (Å²) in [5.41, 5.74) is 3.20. The van der Waals surface area contributed by atoms with Crippen LogP contribution >= 0.6 is 0 Å². The number of hydrogen-bond donors (Lipinski definition) is 0. The molecule has 2 aromatic carbocycles. The first-order chi connectivity index (χ1) is 16.2. The van der Waals surface area contributed by atoms with Gasteiger partial charge in [-0.1, -0.05) is 13.0 Å². The maximum absolute atomic E-state index is 11.9. The molecule has 9 heteroatoms. The summed E-state index contributed by atoms with van der Waals surface area (Å²) in [4.78, 5) is 23.1. The van der Waals surface area contributed by atoms with Gasteiger partial charge in [-0.25, -0.2) is 18.4 Å². The maximum atomic E-state index is 11.9. The molecule has 0 N–H and O–H groups in total. The van der Waals surface area contributed by atoms with Crippen LogP contribution < -0.4 is 4.74 Å². The van der Waals surface area contributed by atoms with E-state index in [4.69, 9.17) is 14.7 Å². The van der Waals surface area contributed by atoms with Crippen molar-refractivity contribution in [3.8, 4) is 22.8 Å². The van der Waals surface area contributed by atoms with Gasteiger partial charge in [-0.05, 0) is 48.9 Å². The predicted molar refractivity (Wildman–Crippen MR) is 131 cm³/mol. The van der Waals surface area contributed by atoms with Crippen molar-refractivity contribution in [2.24, 2.45) is 0 Å². The molecule has 0 aliphatic rings. The fraction of sp³-hybridized carbons (Fsp3) is 0.240. The first-order valence-electron chi connectivity index (χ1n) is 10.8. The highest BCUT2D eigenvalue weighted by atomic mass is 32.2. The number of carbonyl (C=O) groups is 1. The number of benzene rings is 2. The summed E-state index contributed by atoms with van der Waals surface area (Å²) in [6.45, 7) is 1.99. The normalized spacial score (nSPS) is 11.5. The lowest BCUT2D eigenvalue weighted by Gasteiger charge is -2.13. The Kier molecular flexibility index (Phi) is 6.39. The third kappa shape index (κ3) is 4.79. The lowest BCUT2D eigenvalue weighted by Crippen LogP contribution is -2.27. The molecule has 0 radical (unpaired) electrons. The monoisotopic (exact) mass is 478 g/mol. The van der Waals surface area contributed by atoms with E-state index in [2.05, 4.69) is 0 Å². The molecule has 0 aliphatic carbocycles. The molecular formula is C25H26N4O4S. The van der Waals surface area contributed by atoms with E-state index in [0.717, 1.165) is 28.0 Å². The van der Waals surface area contributed by atoms with Gasteiger partial charge >= 0.3 is 0 Å². The lowest BCUT2D eigenvalue weighted by atomic mass is 10.2. The molecule has 2 aromatic heterocycles. The van der Waals surface area contributed by atoms with Gasteiger partial charge in [-0.3, -0.25) is 4.79 Å². The second-order valence-electron chi connectivity index (χ2n) is 8.14. The fourth-order valence-corrected chi connectivity index (χ4v) is 4.16. The number of nitrogens with zero attached hydrogens (tertiary/aromatic N) is 4. The molecule has 176 valence electrons. The third-order valence-corrected chi connectivity index (χ3v) is 6.58. The van der Waals surface area contributed by atoms with Gasteiger partial charge in [0.1, 0.15) is 11.4 Å². The van der Waals surface area contributed by atoms with Gasteiger partial charge in [0.25, 0.3) is 5.91 Å². The Morgan fingerprint density at radius 3 is 2.44 bits per heavy atom. The molecule has 0 atom stereocenters. The van der Waals surface area contributed by atoms with Crippen LogP contribution in [0.1, 0.15) is 12.6 Å². The summed E-state index contributed by atoms with van der Waals surface area (Å²) in [5.74, 6) is 0.980. The van der Waals surface area contributed by atoms with Crippen LogP contribution in [-0.2, 0) is 21.1 Å². The number of aromatic nitrogens is 3. The molecule has 8 nitrogen and oxygen atoms in total. The number of aryl methyl sites for hydroxylation is 1. The standard InChI is InChI=1S/C25H26N4O4S/c1-5-22-21-13-14-29(18-7-6-8-19(15-18)33-16-23(30)28(2)3)25(21)27-24(26-22)17-9-11-20(12-10-17)34(4,31)32/h6-15H,5,16H2,1-4H3. The van der Waals surface area contributed by atoms with Crippen molar-refractivity contribution in [1.82, 2.24) is 19.4 Å². The molecule has 0 saturated carbocycles. The summed E-state index contributed by atoms with van der Waals surface area (Å²) in [5, 5.41) is 0.938. The van der Waals surface area contributed by atoms with Crippen molar-refractivity contribution < 1.29 is 17.9 Å². The Hall–Kier alpha value is -3.72. The number of sulfone groups is 1. The first kappa shape index (κ1) is 23.4. The smallest absolute Gasteiger partial charge is 0.259 e. The number of carbonyl (C=O) groups excluding carboxylic acids is 1. The van der Waals surface area contributed by atoms with Crippen LogP contribution in [0.25, 0.3) is 28.1 Å². The number of ether oxygens (including phenoxy) is 1. The Morgan fingerprint density at radius 1 is 1.06 bits per heavy atom. The number of likely N-dealkylation sites (N-methyl/N-ethyl adjacent to an activating group) is 1. The van der Waals surface area contributed by atoms with Crippen LogP contribution in [0.2, 0.25) is 0 Å². The van der Waals surface area contributed by atoms with E-state index in [1.165, 1.54) is 11.2 Å². The zero-order valence-corrected chi connectivity index (χ0v) is 20.3. The van der Waals surface area contributed by atoms with Crippen LogP contribution in [0, 0.1) is 0 Å². The highest BCUT2D eigenvalue weighted by Crippen LogP contribution is 2.27. The van der Waals surface area contributed by atoms with Gasteiger partial charge in [0.15, 0.2) is 22.3 Å². The quantitative estimate of drug-likeness (QED) is 0.403. The van der Waals surface area contributed by atoms with Gasteiger partial charge in [0.05, 0.1) is 16.3 Å². The van der Waals surface area contributed by atoms with E-state index in [1.807, 2.05) is 42.0 Å². The van der Waals surface area contributed by atoms with Crippen LogP contribution in [0.15, 0.2) is 65.7 Å². The van der Waals surface area contributed by atoms with Crippen LogP contribution in [0.4, 0.5) is 0 Å². The first-order valence-corrected chi connectivity index (χ1v) is 12.7. The summed E-state index contributed by atoms with van der Waals surface area (Å²) in [6, 6.07) is 16.0. The number of hydrogen-bond acceptors (Lipinski definition) is 6. The van der Waals surface area contributed by atoms with Crippen molar-refractivity contribution in [3.05, 3.63) is 66.5 Å². The molecule has 0 unspecified atom stereocenters. The topological polar surface area (TPSA) is 94.4 Å². The highest BCUT2D eigenvalue weighted by molar-refractivity contribution is 7.90. The molecule has 0 aliphatic heterocycles. The molecule has 0 bridgehead atoms. The maximum Gasteiger partial charge on any atom is 0.259 e. The van der Waals surface area contributed by atoms with E-state index in [0.29, 0.717) is 18.0 Å². The van der Waals surface area contributed by atoms with Crippen LogP contribution in [-0.4, -0.2) is 60.7 Å². The second kappa shape index (κ2) is 9.26. The van der Waals surface area contributed by atoms with E-state index < -0.39 is 9.84 Å². The van der Waals surface area contributed by atoms with Crippen molar-refractivity contribution in [3.63, 3.8) is 0 Å². The van der Waals surface area contributed by atoms with Crippen molar-refractivity contribution in [2.45, 2.75) is 18.2 Å². The Bertz CT molecular complexity index is 1460. The molecule has 34 heavy (non-hydrogen) atoms. The van der Waals surface area contributed by atoms with E-state index >= 15 is 0 Å². The van der Waals surface area contributed by atoms with Gasteiger partial charge in [-0.2, -0.15) is 0 Å². The van der Waals surface area contributed by atoms with E-state index in [1.54, 1.807) is 44.4 Å². The molecule has 4 aromatic rings. The average molecular weight is 479 g/mol. The molecule has 1 amide bonds. The Labute approximate surface area is 198 Å². The number of amides is 1. The molecule has 0 fully saturated rings. The zero-order chi connectivity index (χ0) is 24.5. The average Bonchev–Trinajstić information content (AvgIpc) is 3.25. The molecular weight excluding hydrogens is 452 g/mol. The van der Waals surface area contributed by atoms with E-state index in [-0.39, 0.29) is 17.4 Å². The fourth-order valence-electron chi connectivity index (χ4n) is 3.53. The summed E-state index contributed by atoms with van der Waals surface area (Å²) in [7, 11) is 0.0890. The molecule has 0 saturated heterocycles. The SMILES string of the molecule is CCc1nc(-c2ccc(S(C)(=O)=O)cc2)nc2c1ccn2-c1cccc(OCC(=O)N(C)C)c1. The van der Waals surface area contributed by atoms with Crippen LogP contribution in [0.3, 0.4) is 0 Å². The predicted octanol–water partition coefficient (Wildman–Crippen LogP) is 3.52. The van der Waals surface area contributed by atoms with Gasteiger partial charge in [0.2, 0.25) is 0 Å². The minimum Gasteiger partial charge on any atom is -0.484 e. The highest BCUT2D eigenvalue weighted by Gasteiger charge is 2.15. The van der Waals surface area contributed by atoms with Crippen molar-refractivity contribution in [2.75, 3.05) is 27.0 Å². The zero-order valence-electron chi connectivity index (χ0n) is 19.5. The largest absolute Gasteiger partial charge is 0.484 e. The van der Waals surface area contributed by atoms with Crippen molar-refractivity contribution in [1.29, 1.82) is 0 Å². The minimum absolute atomic E-state index is 0.0430. The Morgan fingerprint density at radius 2 is 1.79 bits per heavy atom. The second-order valence-corrected chi connectivity index (χ2v) is 10.2. The van der Waals surface area contributed by atoms with Gasteiger partial charge in [-0.15, -0.1) is 0 Å². The van der Waals surface area contributed by atoms with Gasteiger partial charge < -0.3 is 14.2 Å². The summed E-state index contributed by atoms with van der Waals surface area (Å²) in [6.07, 6.45) is 3.83. The lowest BCUT2D eigenvalue weighted by molar-refractivity contribution is -0.130. The molecule has 0 spiro atoms. The third-order valence-electron chi connectivity index (χ3n) is 5.46. The summed E-state index contributed by atoms with van der Waals surface area (Å²) >= 11 is 0. The summed E-state index contributed by atoms with van der Waals surface area (Å²) < 4.78 is 31.2. The Balaban J connectivity index is 1.74.